The van der Waals surface area contributed by atoms with Crippen molar-refractivity contribution in [2.45, 2.75) is 0 Å². The Morgan fingerprint density at radius 1 is 1.29 bits per heavy atom. The third-order valence-corrected chi connectivity index (χ3v) is 3.57. The van der Waals surface area contributed by atoms with Crippen LogP contribution in [0.3, 0.4) is 0 Å². The molecule has 0 aliphatic rings. The van der Waals surface area contributed by atoms with Gasteiger partial charge in [-0.3, -0.25) is 0 Å². The van der Waals surface area contributed by atoms with Gasteiger partial charge in [-0.1, -0.05) is 17.7 Å². The maximum absolute atomic E-state index is 14.0. The molecule has 1 N–H and O–H groups in total. The number of hydrogen-bond donors (Lipinski definition) is 1. The van der Waals surface area contributed by atoms with Gasteiger partial charge in [-0.15, -0.1) is 0 Å². The van der Waals surface area contributed by atoms with Crippen LogP contribution >= 0.6 is 27.5 Å². The molecule has 0 spiro atoms. The summed E-state index contributed by atoms with van der Waals surface area (Å²) in [5, 5.41) is 2.98. The van der Waals surface area contributed by atoms with Crippen molar-refractivity contribution >= 4 is 33.3 Å². The van der Waals surface area contributed by atoms with Crippen LogP contribution in [0.4, 0.5) is 10.2 Å². The summed E-state index contributed by atoms with van der Waals surface area (Å²) < 4.78 is 14.5. The fourth-order valence-corrected chi connectivity index (χ4v) is 1.92. The Balaban J connectivity index is 2.56. The molecule has 0 atom stereocenters. The molecule has 0 radical (unpaired) electrons. The summed E-state index contributed by atoms with van der Waals surface area (Å²) in [6.07, 6.45) is 0. The average molecular weight is 316 g/mol. The topological polar surface area (TPSA) is 24.9 Å². The van der Waals surface area contributed by atoms with Crippen LogP contribution in [0.25, 0.3) is 11.3 Å². The molecule has 2 nitrogen and oxygen atoms in total. The van der Waals surface area contributed by atoms with Crippen LogP contribution in [0.5, 0.6) is 0 Å². The van der Waals surface area contributed by atoms with Crippen molar-refractivity contribution in [3.63, 3.8) is 0 Å². The number of anilines is 1. The first-order chi connectivity index (χ1) is 8.13. The first-order valence-electron chi connectivity index (χ1n) is 4.92. The van der Waals surface area contributed by atoms with Gasteiger partial charge >= 0.3 is 0 Å². The highest BCUT2D eigenvalue weighted by molar-refractivity contribution is 9.10. The summed E-state index contributed by atoms with van der Waals surface area (Å²) in [5.41, 5.74) is 0.930. The Morgan fingerprint density at radius 2 is 2.06 bits per heavy atom. The smallest absolute Gasteiger partial charge is 0.152 e. The summed E-state index contributed by atoms with van der Waals surface area (Å²) in [7, 11) is 1.76. The summed E-state index contributed by atoms with van der Waals surface area (Å²) in [5.74, 6) is 0.211. The van der Waals surface area contributed by atoms with Crippen molar-refractivity contribution in [2.24, 2.45) is 0 Å². The van der Waals surface area contributed by atoms with Gasteiger partial charge < -0.3 is 5.32 Å². The van der Waals surface area contributed by atoms with Gasteiger partial charge in [0.1, 0.15) is 5.82 Å². The number of aromatic nitrogens is 1. The van der Waals surface area contributed by atoms with Crippen molar-refractivity contribution in [1.82, 2.24) is 4.98 Å². The third-order valence-electron chi connectivity index (χ3n) is 2.32. The minimum absolute atomic E-state index is 0.0687. The maximum Gasteiger partial charge on any atom is 0.152 e. The van der Waals surface area contributed by atoms with Crippen LogP contribution in [-0.2, 0) is 0 Å². The van der Waals surface area contributed by atoms with E-state index in [1.807, 2.05) is 12.1 Å². The zero-order valence-electron chi connectivity index (χ0n) is 8.97. The van der Waals surface area contributed by atoms with Crippen molar-refractivity contribution in [1.29, 1.82) is 0 Å². The fourth-order valence-electron chi connectivity index (χ4n) is 1.45. The fraction of sp³-hybridized carbons (Fsp3) is 0.0833. The van der Waals surface area contributed by atoms with Crippen LogP contribution in [-0.4, -0.2) is 12.0 Å². The van der Waals surface area contributed by atoms with Crippen molar-refractivity contribution in [3.05, 3.63) is 45.6 Å². The summed E-state index contributed by atoms with van der Waals surface area (Å²) >= 11 is 9.02. The van der Waals surface area contributed by atoms with E-state index in [0.29, 0.717) is 21.5 Å². The van der Waals surface area contributed by atoms with Gasteiger partial charge in [0.25, 0.3) is 0 Å². The molecule has 17 heavy (non-hydrogen) atoms. The number of halogens is 3. The number of nitrogens with zero attached hydrogens (tertiary/aromatic N) is 1. The predicted octanol–water partition coefficient (Wildman–Crippen LogP) is 4.35. The van der Waals surface area contributed by atoms with Gasteiger partial charge in [-0.05, 0) is 40.2 Å². The molecular weight excluding hydrogens is 307 g/mol. The molecule has 0 saturated heterocycles. The van der Waals surface area contributed by atoms with Crippen LogP contribution in [0, 0.1) is 5.82 Å². The molecule has 0 aliphatic heterocycles. The van der Waals surface area contributed by atoms with E-state index in [-0.39, 0.29) is 5.02 Å². The van der Waals surface area contributed by atoms with Crippen LogP contribution in [0.2, 0.25) is 5.02 Å². The highest BCUT2D eigenvalue weighted by Crippen LogP contribution is 2.32. The van der Waals surface area contributed by atoms with Crippen molar-refractivity contribution in [3.8, 4) is 11.3 Å². The van der Waals surface area contributed by atoms with E-state index in [2.05, 4.69) is 26.2 Å². The zero-order valence-corrected chi connectivity index (χ0v) is 11.3. The molecule has 5 heteroatoms. The van der Waals surface area contributed by atoms with Crippen molar-refractivity contribution < 1.29 is 4.39 Å². The van der Waals surface area contributed by atoms with E-state index in [1.165, 1.54) is 0 Å². The molecular formula is C12H9BrClFN2. The maximum atomic E-state index is 14.0. The van der Waals surface area contributed by atoms with E-state index < -0.39 is 5.82 Å². The average Bonchev–Trinajstić information content (AvgIpc) is 2.36. The van der Waals surface area contributed by atoms with Gasteiger partial charge in [-0.2, -0.15) is 0 Å². The molecule has 1 aromatic carbocycles. The van der Waals surface area contributed by atoms with E-state index in [9.17, 15) is 4.39 Å². The monoisotopic (exact) mass is 314 g/mol. The normalized spacial score (nSPS) is 10.4. The van der Waals surface area contributed by atoms with Crippen LogP contribution in [0.1, 0.15) is 0 Å². The van der Waals surface area contributed by atoms with E-state index in [0.717, 1.165) is 0 Å². The first-order valence-corrected chi connectivity index (χ1v) is 6.09. The summed E-state index contributed by atoms with van der Waals surface area (Å²) in [6.45, 7) is 0. The Kier molecular flexibility index (Phi) is 3.64. The second kappa shape index (κ2) is 5.02. The molecule has 0 saturated carbocycles. The second-order valence-electron chi connectivity index (χ2n) is 3.38. The first kappa shape index (κ1) is 12.3. The highest BCUT2D eigenvalue weighted by Gasteiger charge is 2.12. The Hall–Kier alpha value is -1.13. The SMILES string of the molecule is CNc1cccc(-c2ccc(Br)c(Cl)c2F)n1. The van der Waals surface area contributed by atoms with Gasteiger partial charge in [0.15, 0.2) is 5.82 Å². The molecule has 0 bridgehead atoms. The molecule has 1 aromatic heterocycles. The lowest BCUT2D eigenvalue weighted by molar-refractivity contribution is 0.630. The minimum atomic E-state index is -0.471. The highest BCUT2D eigenvalue weighted by atomic mass is 79.9. The van der Waals surface area contributed by atoms with Gasteiger partial charge in [-0.25, -0.2) is 9.37 Å². The van der Waals surface area contributed by atoms with Gasteiger partial charge in [0, 0.05) is 17.1 Å². The quantitative estimate of drug-likeness (QED) is 0.834. The molecule has 0 aliphatic carbocycles. The number of hydrogen-bond acceptors (Lipinski definition) is 2. The Labute approximate surface area is 112 Å². The standard InChI is InChI=1S/C12H9BrClFN2/c1-16-10-4-2-3-9(17-10)7-5-6-8(13)11(14)12(7)15/h2-6H,1H3,(H,16,17). The molecule has 0 amide bonds. The molecule has 0 unspecified atom stereocenters. The largest absolute Gasteiger partial charge is 0.373 e. The molecule has 2 rings (SSSR count). The molecule has 2 aromatic rings. The van der Waals surface area contributed by atoms with Gasteiger partial charge in [0.2, 0.25) is 0 Å². The van der Waals surface area contributed by atoms with E-state index in [4.69, 9.17) is 11.6 Å². The molecule has 0 fully saturated rings. The summed E-state index contributed by atoms with van der Waals surface area (Å²) in [6, 6.07) is 8.70. The zero-order chi connectivity index (χ0) is 12.4. The van der Waals surface area contributed by atoms with Crippen LogP contribution in [0.15, 0.2) is 34.8 Å². The van der Waals surface area contributed by atoms with E-state index in [1.54, 1.807) is 25.2 Å². The summed E-state index contributed by atoms with van der Waals surface area (Å²) in [4.78, 5) is 4.27. The van der Waals surface area contributed by atoms with Crippen LogP contribution < -0.4 is 5.32 Å². The Bertz CT molecular complexity index is 560. The lowest BCUT2D eigenvalue weighted by Gasteiger charge is -2.07. The molecule has 88 valence electrons. The molecule has 1 heterocycles. The van der Waals surface area contributed by atoms with Crippen molar-refractivity contribution in [2.75, 3.05) is 12.4 Å². The minimum Gasteiger partial charge on any atom is -0.373 e. The number of pyridine rings is 1. The Morgan fingerprint density at radius 3 is 2.76 bits per heavy atom. The van der Waals surface area contributed by atoms with E-state index >= 15 is 0 Å². The number of benzene rings is 1. The number of nitrogens with one attached hydrogen (secondary N) is 1. The predicted molar refractivity (Wildman–Crippen MR) is 71.9 cm³/mol. The lowest BCUT2D eigenvalue weighted by atomic mass is 10.1. The lowest BCUT2D eigenvalue weighted by Crippen LogP contribution is -1.95. The number of rotatable bonds is 2. The second-order valence-corrected chi connectivity index (χ2v) is 4.61. The van der Waals surface area contributed by atoms with Gasteiger partial charge in [0.05, 0.1) is 10.7 Å². The third kappa shape index (κ3) is 2.42.